The number of aliphatic hydroxyl groups is 1. The molecule has 0 aromatic heterocycles. The molecule has 2 unspecified atom stereocenters. The second-order valence-electron chi connectivity index (χ2n) is 6.11. The van der Waals surface area contributed by atoms with Gasteiger partial charge in [0.05, 0.1) is 12.1 Å². The summed E-state index contributed by atoms with van der Waals surface area (Å²) >= 11 is 0. The molecule has 2 heteroatoms. The van der Waals surface area contributed by atoms with Gasteiger partial charge in [-0.05, 0) is 35.4 Å². The summed E-state index contributed by atoms with van der Waals surface area (Å²) in [5.41, 5.74) is 3.58. The van der Waals surface area contributed by atoms with Gasteiger partial charge in [-0.1, -0.05) is 61.5 Å². The Morgan fingerprint density at radius 2 is 1.81 bits per heavy atom. The van der Waals surface area contributed by atoms with Crippen LogP contribution in [0.4, 0.5) is 0 Å². The molecule has 2 aromatic carbocycles. The number of benzene rings is 2. The molecule has 0 fully saturated rings. The summed E-state index contributed by atoms with van der Waals surface area (Å²) < 4.78 is 0. The van der Waals surface area contributed by atoms with Gasteiger partial charge >= 0.3 is 0 Å². The highest BCUT2D eigenvalue weighted by molar-refractivity contribution is 5.39. The summed E-state index contributed by atoms with van der Waals surface area (Å²) in [5, 5.41) is 13.7. The Balaban J connectivity index is 1.89. The van der Waals surface area contributed by atoms with Crippen LogP contribution in [-0.2, 0) is 12.1 Å². The van der Waals surface area contributed by atoms with Crippen LogP contribution in [0.15, 0.2) is 54.6 Å². The van der Waals surface area contributed by atoms with E-state index in [0.29, 0.717) is 5.92 Å². The van der Waals surface area contributed by atoms with E-state index < -0.39 is 0 Å². The normalized spacial score (nSPS) is 24.6. The largest absolute Gasteiger partial charge is 0.394 e. The van der Waals surface area contributed by atoms with Crippen molar-refractivity contribution >= 4 is 0 Å². The highest BCUT2D eigenvalue weighted by Gasteiger charge is 2.37. The molecule has 2 aromatic rings. The topological polar surface area (TPSA) is 32.3 Å². The zero-order valence-electron chi connectivity index (χ0n) is 12.5. The van der Waals surface area contributed by atoms with Crippen molar-refractivity contribution in [1.82, 2.24) is 5.32 Å². The molecule has 0 amide bonds. The molecule has 0 radical (unpaired) electrons. The van der Waals surface area contributed by atoms with Gasteiger partial charge in [-0.15, -0.1) is 0 Å². The van der Waals surface area contributed by atoms with Crippen LogP contribution < -0.4 is 5.32 Å². The van der Waals surface area contributed by atoms with E-state index in [0.717, 1.165) is 19.4 Å². The number of rotatable bonds is 4. The second kappa shape index (κ2) is 6.00. The smallest absolute Gasteiger partial charge is 0.0674 e. The molecule has 2 nitrogen and oxygen atoms in total. The van der Waals surface area contributed by atoms with Crippen LogP contribution in [0, 0.1) is 0 Å². The zero-order valence-corrected chi connectivity index (χ0v) is 12.5. The van der Waals surface area contributed by atoms with Crippen LogP contribution in [0.3, 0.4) is 0 Å². The van der Waals surface area contributed by atoms with E-state index in [1.165, 1.54) is 16.7 Å². The van der Waals surface area contributed by atoms with E-state index >= 15 is 0 Å². The highest BCUT2D eigenvalue weighted by Crippen LogP contribution is 2.41. The third kappa shape index (κ3) is 2.74. The molecule has 1 aliphatic carbocycles. The van der Waals surface area contributed by atoms with Crippen LogP contribution in [-0.4, -0.2) is 11.7 Å². The van der Waals surface area contributed by atoms with Gasteiger partial charge in [-0.25, -0.2) is 0 Å². The fourth-order valence-corrected chi connectivity index (χ4v) is 3.39. The summed E-state index contributed by atoms with van der Waals surface area (Å²) in [4.78, 5) is 0. The van der Waals surface area contributed by atoms with Crippen molar-refractivity contribution in [3.8, 4) is 0 Å². The lowest BCUT2D eigenvalue weighted by Crippen LogP contribution is -2.48. The minimum atomic E-state index is -0.307. The molecular weight excluding hydrogens is 258 g/mol. The van der Waals surface area contributed by atoms with Crippen LogP contribution in [0.5, 0.6) is 0 Å². The van der Waals surface area contributed by atoms with E-state index in [1.54, 1.807) is 0 Å². The Kier molecular flexibility index (Phi) is 4.09. The number of fused-ring (bicyclic) bond motifs is 1. The van der Waals surface area contributed by atoms with Crippen LogP contribution in [0.1, 0.15) is 42.4 Å². The van der Waals surface area contributed by atoms with Crippen molar-refractivity contribution in [2.24, 2.45) is 0 Å². The van der Waals surface area contributed by atoms with E-state index in [2.05, 4.69) is 60.8 Å². The van der Waals surface area contributed by atoms with Crippen LogP contribution >= 0.6 is 0 Å². The molecule has 0 heterocycles. The maximum atomic E-state index is 10.1. The summed E-state index contributed by atoms with van der Waals surface area (Å²) in [7, 11) is 0. The Labute approximate surface area is 126 Å². The summed E-state index contributed by atoms with van der Waals surface area (Å²) in [6, 6.07) is 18.9. The molecule has 0 aliphatic heterocycles. The first-order valence-electron chi connectivity index (χ1n) is 7.74. The zero-order chi connectivity index (χ0) is 14.7. The van der Waals surface area contributed by atoms with Gasteiger partial charge in [-0.2, -0.15) is 0 Å². The lowest BCUT2D eigenvalue weighted by atomic mass is 9.72. The minimum absolute atomic E-state index is 0.142. The van der Waals surface area contributed by atoms with E-state index in [9.17, 15) is 5.11 Å². The quantitative estimate of drug-likeness (QED) is 0.898. The van der Waals surface area contributed by atoms with Crippen molar-refractivity contribution < 1.29 is 5.11 Å². The number of nitrogens with one attached hydrogen (secondary N) is 1. The Bertz CT molecular complexity index is 596. The maximum Gasteiger partial charge on any atom is 0.0674 e. The average molecular weight is 281 g/mol. The molecule has 2 atom stereocenters. The first-order valence-corrected chi connectivity index (χ1v) is 7.74. The molecule has 1 aliphatic rings. The third-order valence-corrected chi connectivity index (χ3v) is 4.76. The molecule has 110 valence electrons. The molecule has 0 saturated carbocycles. The predicted molar refractivity (Wildman–Crippen MR) is 86.1 cm³/mol. The van der Waals surface area contributed by atoms with Crippen LogP contribution in [0.25, 0.3) is 0 Å². The van der Waals surface area contributed by atoms with Crippen molar-refractivity contribution in [3.05, 3.63) is 71.3 Å². The van der Waals surface area contributed by atoms with Gasteiger partial charge in [0, 0.05) is 6.54 Å². The molecule has 0 spiro atoms. The Hall–Kier alpha value is -1.64. The molecule has 0 bridgehead atoms. The molecule has 21 heavy (non-hydrogen) atoms. The average Bonchev–Trinajstić information content (AvgIpc) is 2.56. The third-order valence-electron chi connectivity index (χ3n) is 4.76. The van der Waals surface area contributed by atoms with Crippen LogP contribution in [0.2, 0.25) is 0 Å². The van der Waals surface area contributed by atoms with Gasteiger partial charge in [0.15, 0.2) is 0 Å². The summed E-state index contributed by atoms with van der Waals surface area (Å²) in [6.07, 6.45) is 2.09. The lowest BCUT2D eigenvalue weighted by molar-refractivity contribution is 0.136. The molecular formula is C19H23NO. The standard InChI is InChI=1S/C19H23NO/c1-15-11-12-19(14-21,18-10-6-5-9-17(15)18)20-13-16-7-3-2-4-8-16/h2-10,15,20-21H,11-14H2,1H3. The highest BCUT2D eigenvalue weighted by atomic mass is 16.3. The van der Waals surface area contributed by atoms with E-state index in [-0.39, 0.29) is 12.1 Å². The molecule has 2 N–H and O–H groups in total. The van der Waals surface area contributed by atoms with Crippen molar-refractivity contribution in [2.75, 3.05) is 6.61 Å². The second-order valence-corrected chi connectivity index (χ2v) is 6.11. The van der Waals surface area contributed by atoms with E-state index in [1.807, 2.05) is 6.07 Å². The van der Waals surface area contributed by atoms with Gasteiger partial charge in [0.25, 0.3) is 0 Å². The summed E-state index contributed by atoms with van der Waals surface area (Å²) in [5.74, 6) is 0.569. The maximum absolute atomic E-state index is 10.1. The fraction of sp³-hybridized carbons (Fsp3) is 0.368. The van der Waals surface area contributed by atoms with Gasteiger partial charge < -0.3 is 10.4 Å². The van der Waals surface area contributed by atoms with Gasteiger partial charge in [-0.3, -0.25) is 0 Å². The predicted octanol–water partition coefficient (Wildman–Crippen LogP) is 3.56. The Morgan fingerprint density at radius 1 is 1.10 bits per heavy atom. The SMILES string of the molecule is CC1CCC(CO)(NCc2ccccc2)c2ccccc21. The first kappa shape index (κ1) is 14.3. The molecule has 3 rings (SSSR count). The molecule has 0 saturated heterocycles. The number of hydrogen-bond acceptors (Lipinski definition) is 2. The van der Waals surface area contributed by atoms with E-state index in [4.69, 9.17) is 0 Å². The van der Waals surface area contributed by atoms with Gasteiger partial charge in [0.1, 0.15) is 0 Å². The van der Waals surface area contributed by atoms with Crippen molar-refractivity contribution in [2.45, 2.75) is 37.8 Å². The van der Waals surface area contributed by atoms with Crippen molar-refractivity contribution in [3.63, 3.8) is 0 Å². The Morgan fingerprint density at radius 3 is 2.57 bits per heavy atom. The minimum Gasteiger partial charge on any atom is -0.394 e. The first-order chi connectivity index (χ1) is 10.2. The monoisotopic (exact) mass is 281 g/mol. The van der Waals surface area contributed by atoms with Gasteiger partial charge in [0.2, 0.25) is 0 Å². The number of hydrogen-bond donors (Lipinski definition) is 2. The summed E-state index contributed by atoms with van der Waals surface area (Å²) in [6.45, 7) is 3.20. The van der Waals surface area contributed by atoms with Crippen molar-refractivity contribution in [1.29, 1.82) is 0 Å². The lowest BCUT2D eigenvalue weighted by Gasteiger charge is -2.41. The fourth-order valence-electron chi connectivity index (χ4n) is 3.39. The number of aliphatic hydroxyl groups excluding tert-OH is 1.